The van der Waals surface area contributed by atoms with Gasteiger partial charge in [0.05, 0.1) is 26.7 Å². The molecule has 45 heavy (non-hydrogen) atoms. The lowest BCUT2D eigenvalue weighted by molar-refractivity contribution is -0.114. The molecule has 0 aliphatic carbocycles. The minimum atomic E-state index is -0.177. The molecule has 2 N–H and O–H groups in total. The van der Waals surface area contributed by atoms with Crippen LogP contribution in [0, 0.1) is 13.8 Å². The van der Waals surface area contributed by atoms with Gasteiger partial charge in [-0.25, -0.2) is 4.98 Å². The van der Waals surface area contributed by atoms with Gasteiger partial charge >= 0.3 is 0 Å². The van der Waals surface area contributed by atoms with E-state index in [2.05, 4.69) is 25.8 Å². The molecule has 2 amide bonds. The number of hydrogen-bond donors (Lipinski definition) is 2. The van der Waals surface area contributed by atoms with Gasteiger partial charge in [0, 0.05) is 22.6 Å². The maximum Gasteiger partial charge on any atom is 0.234 e. The highest BCUT2D eigenvalue weighted by Crippen LogP contribution is 2.33. The van der Waals surface area contributed by atoms with E-state index in [4.69, 9.17) is 11.6 Å². The van der Waals surface area contributed by atoms with Gasteiger partial charge in [0.15, 0.2) is 15.3 Å². The number of halogens is 1. The molecule has 226 valence electrons. The Morgan fingerprint density at radius 3 is 2.40 bits per heavy atom. The van der Waals surface area contributed by atoms with E-state index in [1.54, 1.807) is 0 Å². The normalized spacial score (nSPS) is 11.1. The number of aryl methyl sites for hydroxylation is 2. The summed E-state index contributed by atoms with van der Waals surface area (Å²) in [5.41, 5.74) is 6.10. The molecule has 0 spiro atoms. The molecule has 2 aromatic heterocycles. The smallest absolute Gasteiger partial charge is 0.234 e. The van der Waals surface area contributed by atoms with Crippen molar-refractivity contribution in [1.82, 2.24) is 19.7 Å². The van der Waals surface area contributed by atoms with Crippen LogP contribution in [-0.2, 0) is 9.59 Å². The van der Waals surface area contributed by atoms with E-state index < -0.39 is 0 Å². The van der Waals surface area contributed by atoms with Crippen LogP contribution in [-0.4, -0.2) is 43.1 Å². The number of carbonyl (C=O) groups excluding carboxylic acids is 2. The SMILES string of the molecule is Cc1ccc(NC(=O)CSc2nc3ccc(NC(=O)CSc4nnc(-c5ccccc5Cl)n4-c4ccccc4)cc3s2)c(C)c1. The number of thioether (sulfide) groups is 2. The van der Waals surface area contributed by atoms with Crippen LogP contribution >= 0.6 is 46.5 Å². The van der Waals surface area contributed by atoms with Gasteiger partial charge in [-0.2, -0.15) is 0 Å². The lowest BCUT2D eigenvalue weighted by Crippen LogP contribution is -2.14. The van der Waals surface area contributed by atoms with Crippen LogP contribution in [0.1, 0.15) is 11.1 Å². The predicted octanol–water partition coefficient (Wildman–Crippen LogP) is 8.28. The average molecular weight is 671 g/mol. The van der Waals surface area contributed by atoms with Crippen LogP contribution < -0.4 is 10.6 Å². The highest BCUT2D eigenvalue weighted by Gasteiger charge is 2.19. The molecule has 0 fully saturated rings. The highest BCUT2D eigenvalue weighted by molar-refractivity contribution is 8.01. The molecule has 0 radical (unpaired) electrons. The Labute approximate surface area is 277 Å². The van der Waals surface area contributed by atoms with E-state index in [1.165, 1.54) is 34.9 Å². The third-order valence-corrected chi connectivity index (χ3v) is 10.1. The van der Waals surface area contributed by atoms with Gasteiger partial charge in [0.25, 0.3) is 0 Å². The number of thiazole rings is 1. The molecule has 0 aliphatic rings. The van der Waals surface area contributed by atoms with Crippen molar-refractivity contribution in [3.8, 4) is 17.1 Å². The number of aromatic nitrogens is 4. The van der Waals surface area contributed by atoms with E-state index in [1.807, 2.05) is 109 Å². The Balaban J connectivity index is 1.09. The molecule has 6 aromatic rings. The van der Waals surface area contributed by atoms with E-state index >= 15 is 0 Å². The third kappa shape index (κ3) is 7.39. The lowest BCUT2D eigenvalue weighted by Gasteiger charge is -2.11. The first-order valence-electron chi connectivity index (χ1n) is 13.9. The van der Waals surface area contributed by atoms with Crippen molar-refractivity contribution in [2.45, 2.75) is 23.3 Å². The van der Waals surface area contributed by atoms with Crippen molar-refractivity contribution in [2.75, 3.05) is 22.1 Å². The van der Waals surface area contributed by atoms with E-state index in [9.17, 15) is 9.59 Å². The topological polar surface area (TPSA) is 102 Å². The minimum Gasteiger partial charge on any atom is -0.325 e. The average Bonchev–Trinajstić information content (AvgIpc) is 3.65. The summed E-state index contributed by atoms with van der Waals surface area (Å²) in [6.45, 7) is 4.00. The van der Waals surface area contributed by atoms with Gasteiger partial charge in [-0.1, -0.05) is 83.2 Å². The fraction of sp³-hybridized carbons (Fsp3) is 0.121. The van der Waals surface area contributed by atoms with E-state index in [-0.39, 0.29) is 23.3 Å². The molecule has 0 saturated heterocycles. The Morgan fingerprint density at radius 1 is 0.844 bits per heavy atom. The van der Waals surface area contributed by atoms with Crippen LogP contribution in [0.5, 0.6) is 0 Å². The Hall–Kier alpha value is -4.16. The molecule has 0 unspecified atom stereocenters. The van der Waals surface area contributed by atoms with Crippen LogP contribution in [0.2, 0.25) is 5.02 Å². The summed E-state index contributed by atoms with van der Waals surface area (Å²) in [6.07, 6.45) is 0. The number of anilines is 2. The molecule has 0 atom stereocenters. The van der Waals surface area contributed by atoms with Crippen LogP contribution in [0.15, 0.2) is 100 Å². The molecular formula is C33H27ClN6O2S3. The maximum absolute atomic E-state index is 13.0. The zero-order chi connectivity index (χ0) is 31.3. The second-order valence-electron chi connectivity index (χ2n) is 10.1. The Bertz CT molecular complexity index is 2010. The van der Waals surface area contributed by atoms with Crippen molar-refractivity contribution in [1.29, 1.82) is 0 Å². The standard InChI is InChI=1S/C33H27ClN6O2S3/c1-20-12-14-26(21(2)16-20)36-30(42)19-44-33-37-27-15-13-22(17-28(27)45-33)35-29(41)18-43-32-39-38-31(24-10-6-7-11-25(24)34)40(32)23-8-4-3-5-9-23/h3-17H,18-19H2,1-2H3,(H,35,41)(H,36,42). The molecule has 12 heteroatoms. The summed E-state index contributed by atoms with van der Waals surface area (Å²) >= 11 is 10.7. The number of rotatable bonds is 10. The second kappa shape index (κ2) is 13.9. The van der Waals surface area contributed by atoms with Crippen molar-refractivity contribution in [2.24, 2.45) is 0 Å². The lowest BCUT2D eigenvalue weighted by atomic mass is 10.1. The van der Waals surface area contributed by atoms with E-state index in [0.29, 0.717) is 21.7 Å². The van der Waals surface area contributed by atoms with Gasteiger partial charge in [-0.15, -0.1) is 21.5 Å². The second-order valence-corrected chi connectivity index (χ2v) is 13.7. The molecule has 4 aromatic carbocycles. The first-order valence-corrected chi connectivity index (χ1v) is 17.1. The zero-order valence-electron chi connectivity index (χ0n) is 24.3. The number of benzene rings is 4. The summed E-state index contributed by atoms with van der Waals surface area (Å²) in [5, 5.41) is 15.9. The first-order chi connectivity index (χ1) is 21.8. The summed E-state index contributed by atoms with van der Waals surface area (Å²) in [7, 11) is 0. The van der Waals surface area contributed by atoms with Gasteiger partial charge in [0.2, 0.25) is 11.8 Å². The molecule has 0 aliphatic heterocycles. The molecule has 0 bridgehead atoms. The number of hydrogen-bond acceptors (Lipinski definition) is 8. The molecular weight excluding hydrogens is 644 g/mol. The number of amides is 2. The Morgan fingerprint density at radius 2 is 1.60 bits per heavy atom. The maximum atomic E-state index is 13.0. The number of nitrogens with one attached hydrogen (secondary N) is 2. The first kappa shape index (κ1) is 30.8. The summed E-state index contributed by atoms with van der Waals surface area (Å²) in [6, 6.07) is 28.8. The molecule has 6 rings (SSSR count). The molecule has 0 saturated carbocycles. The summed E-state index contributed by atoms with van der Waals surface area (Å²) in [4.78, 5) is 30.2. The minimum absolute atomic E-state index is 0.0845. The predicted molar refractivity (Wildman–Crippen MR) is 186 cm³/mol. The zero-order valence-corrected chi connectivity index (χ0v) is 27.5. The van der Waals surface area contributed by atoms with Gasteiger partial charge in [-0.05, 0) is 67.9 Å². The van der Waals surface area contributed by atoms with Crippen molar-refractivity contribution in [3.63, 3.8) is 0 Å². The van der Waals surface area contributed by atoms with Crippen LogP contribution in [0.25, 0.3) is 27.3 Å². The van der Waals surface area contributed by atoms with Crippen molar-refractivity contribution >= 4 is 79.9 Å². The monoisotopic (exact) mass is 670 g/mol. The van der Waals surface area contributed by atoms with Gasteiger partial charge in [0.1, 0.15) is 0 Å². The van der Waals surface area contributed by atoms with E-state index in [0.717, 1.165) is 42.6 Å². The highest BCUT2D eigenvalue weighted by atomic mass is 35.5. The summed E-state index contributed by atoms with van der Waals surface area (Å²) < 4.78 is 3.62. The molecule has 2 heterocycles. The number of fused-ring (bicyclic) bond motifs is 1. The van der Waals surface area contributed by atoms with Crippen molar-refractivity contribution < 1.29 is 9.59 Å². The quantitative estimate of drug-likeness (QED) is 0.141. The largest absolute Gasteiger partial charge is 0.325 e. The van der Waals surface area contributed by atoms with Crippen LogP contribution in [0.4, 0.5) is 11.4 Å². The number of nitrogens with zero attached hydrogens (tertiary/aromatic N) is 4. The fourth-order valence-corrected chi connectivity index (χ4v) is 7.51. The fourth-order valence-electron chi connectivity index (χ4n) is 4.63. The Kier molecular flexibility index (Phi) is 9.50. The molecule has 8 nitrogen and oxygen atoms in total. The van der Waals surface area contributed by atoms with Gasteiger partial charge < -0.3 is 10.6 Å². The van der Waals surface area contributed by atoms with Crippen LogP contribution in [0.3, 0.4) is 0 Å². The summed E-state index contributed by atoms with van der Waals surface area (Å²) in [5.74, 6) is 0.717. The van der Waals surface area contributed by atoms with Crippen molar-refractivity contribution in [3.05, 3.63) is 107 Å². The third-order valence-electron chi connectivity index (χ3n) is 6.73. The number of para-hydroxylation sites is 1. The van der Waals surface area contributed by atoms with Gasteiger partial charge in [-0.3, -0.25) is 14.2 Å². The number of carbonyl (C=O) groups is 2.